The summed E-state index contributed by atoms with van der Waals surface area (Å²) in [4.78, 5) is 39.7. The molecule has 1 aliphatic carbocycles. The molecule has 0 saturated carbocycles. The molecule has 0 radical (unpaired) electrons. The summed E-state index contributed by atoms with van der Waals surface area (Å²) in [6.07, 6.45) is 9.27. The lowest BCUT2D eigenvalue weighted by atomic mass is 9.89. The quantitative estimate of drug-likeness (QED) is 0.338. The minimum Gasteiger partial charge on any atom is -0.510 e. The summed E-state index contributed by atoms with van der Waals surface area (Å²) in [6, 6.07) is 0. The van der Waals surface area contributed by atoms with E-state index < -0.39 is 17.9 Å². The molecule has 8 bridgehead atoms. The zero-order valence-electron chi connectivity index (χ0n) is 25.0. The number of carboxylic acid groups (broad SMARTS) is 1. The van der Waals surface area contributed by atoms with Crippen molar-refractivity contribution in [1.82, 2.24) is 5.32 Å². The molecule has 1 fully saturated rings. The number of esters is 1. The van der Waals surface area contributed by atoms with E-state index in [1.54, 1.807) is 6.08 Å². The molecule has 9 nitrogen and oxygen atoms in total. The van der Waals surface area contributed by atoms with Crippen molar-refractivity contribution in [3.05, 3.63) is 104 Å². The predicted octanol–water partition coefficient (Wildman–Crippen LogP) is 5.86. The number of aliphatic imine (C=N–C) groups is 3. The maximum absolute atomic E-state index is 13.2. The monoisotopic (exact) mass is 578 g/mol. The third kappa shape index (κ3) is 4.42. The van der Waals surface area contributed by atoms with E-state index in [0.29, 0.717) is 41.1 Å². The van der Waals surface area contributed by atoms with Gasteiger partial charge in [-0.2, -0.15) is 0 Å². The fraction of sp³-hybridized carbons (Fsp3) is 0.324. The van der Waals surface area contributed by atoms with Crippen LogP contribution in [0.2, 0.25) is 0 Å². The Bertz CT molecular complexity index is 1780. The fourth-order valence-electron chi connectivity index (χ4n) is 6.75. The van der Waals surface area contributed by atoms with E-state index in [-0.39, 0.29) is 18.1 Å². The Morgan fingerprint density at radius 1 is 1.07 bits per heavy atom. The lowest BCUT2D eigenvalue weighted by Gasteiger charge is -2.18. The highest BCUT2D eigenvalue weighted by atomic mass is 16.5. The van der Waals surface area contributed by atoms with Crippen molar-refractivity contribution in [3.63, 3.8) is 0 Å². The molecule has 6 aliphatic rings. The van der Waals surface area contributed by atoms with Crippen molar-refractivity contribution in [2.24, 2.45) is 26.8 Å². The Labute approximate surface area is 250 Å². The van der Waals surface area contributed by atoms with E-state index in [1.165, 1.54) is 7.11 Å². The summed E-state index contributed by atoms with van der Waals surface area (Å²) >= 11 is 0. The van der Waals surface area contributed by atoms with Crippen LogP contribution in [0.5, 0.6) is 0 Å². The van der Waals surface area contributed by atoms with Crippen LogP contribution in [0.4, 0.5) is 0 Å². The van der Waals surface area contributed by atoms with E-state index in [2.05, 4.69) is 25.7 Å². The minimum absolute atomic E-state index is 0.0500. The van der Waals surface area contributed by atoms with Crippen molar-refractivity contribution in [2.75, 3.05) is 7.11 Å². The topological polar surface area (TPSA) is 133 Å². The molecule has 2 atom stereocenters. The van der Waals surface area contributed by atoms with Crippen LogP contribution in [0.3, 0.4) is 0 Å². The Morgan fingerprint density at radius 2 is 1.79 bits per heavy atom. The highest BCUT2D eigenvalue weighted by molar-refractivity contribution is 6.24. The molecule has 1 saturated heterocycles. The minimum atomic E-state index is -1.08. The summed E-state index contributed by atoms with van der Waals surface area (Å²) in [6.45, 7) is 12.1. The van der Waals surface area contributed by atoms with Crippen LogP contribution in [0.1, 0.15) is 53.4 Å². The number of aliphatic hydroxyl groups is 1. The first-order chi connectivity index (χ1) is 20.6. The first-order valence-corrected chi connectivity index (χ1v) is 14.5. The van der Waals surface area contributed by atoms with Gasteiger partial charge in [0.2, 0.25) is 0 Å². The number of aliphatic hydroxyl groups excluding tert-OH is 1. The van der Waals surface area contributed by atoms with Gasteiger partial charge < -0.3 is 20.3 Å². The van der Waals surface area contributed by atoms with Crippen LogP contribution in [0.15, 0.2) is 119 Å². The van der Waals surface area contributed by atoms with Crippen molar-refractivity contribution in [2.45, 2.75) is 53.4 Å². The summed E-state index contributed by atoms with van der Waals surface area (Å²) in [7, 11) is 1.29. The van der Waals surface area contributed by atoms with Gasteiger partial charge in [-0.1, -0.05) is 19.6 Å². The molecule has 220 valence electrons. The van der Waals surface area contributed by atoms with E-state index in [4.69, 9.17) is 19.7 Å². The number of carboxylic acids is 1. The van der Waals surface area contributed by atoms with Gasteiger partial charge in [-0.25, -0.2) is 15.0 Å². The maximum atomic E-state index is 13.2. The molecule has 0 aromatic heterocycles. The fourth-order valence-corrected chi connectivity index (χ4v) is 6.75. The third-order valence-electron chi connectivity index (χ3n) is 9.01. The van der Waals surface area contributed by atoms with Crippen LogP contribution in [-0.2, 0) is 14.3 Å². The molecule has 5 aliphatic heterocycles. The normalized spacial score (nSPS) is 24.2. The maximum Gasteiger partial charge on any atom is 0.321 e. The number of hydrogen-bond acceptors (Lipinski definition) is 8. The number of aliphatic carboxylic acids is 1. The van der Waals surface area contributed by atoms with Gasteiger partial charge >= 0.3 is 11.9 Å². The number of nitrogens with zero attached hydrogens (tertiary/aromatic N) is 3. The summed E-state index contributed by atoms with van der Waals surface area (Å²) in [5, 5.41) is 24.5. The average Bonchev–Trinajstić information content (AvgIpc) is 3.73. The SMILES string of the molecule is C=CC1=C(C)C2=NC1=CC1=NC(=CC3=C(C)C4=C(O)[C@H](C(=O)OC)C(=C5NC(=C2)C[C@@H]5CCC(=O)O)C4=N3)C(CC)=C1C. The van der Waals surface area contributed by atoms with Gasteiger partial charge in [-0.05, 0) is 80.6 Å². The average molecular weight is 579 g/mol. The molecule has 6 rings (SSSR count). The van der Waals surface area contributed by atoms with Gasteiger partial charge in [-0.15, -0.1) is 0 Å². The number of nitrogens with one attached hydrogen (secondary N) is 1. The molecule has 0 spiro atoms. The molecule has 5 heterocycles. The lowest BCUT2D eigenvalue weighted by Crippen LogP contribution is -2.24. The molecule has 0 aromatic carbocycles. The number of methoxy groups -OCH3 is 1. The molecule has 0 aromatic rings. The summed E-state index contributed by atoms with van der Waals surface area (Å²) < 4.78 is 5.14. The number of fused-ring (bicyclic) bond motifs is 5. The number of carbonyl (C=O) groups excluding carboxylic acids is 1. The highest BCUT2D eigenvalue weighted by Crippen LogP contribution is 2.48. The number of carbonyl (C=O) groups is 2. The second-order valence-corrected chi connectivity index (χ2v) is 11.4. The smallest absolute Gasteiger partial charge is 0.321 e. The lowest BCUT2D eigenvalue weighted by molar-refractivity contribution is -0.143. The van der Waals surface area contributed by atoms with E-state index >= 15 is 0 Å². The van der Waals surface area contributed by atoms with E-state index in [0.717, 1.165) is 62.8 Å². The molecule has 0 unspecified atom stereocenters. The molecule has 43 heavy (non-hydrogen) atoms. The van der Waals surface area contributed by atoms with Gasteiger partial charge in [-0.3, -0.25) is 9.59 Å². The Morgan fingerprint density at radius 3 is 2.47 bits per heavy atom. The zero-order valence-corrected chi connectivity index (χ0v) is 25.0. The van der Waals surface area contributed by atoms with Crippen molar-refractivity contribution >= 4 is 29.1 Å². The van der Waals surface area contributed by atoms with Crippen LogP contribution in [0.25, 0.3) is 0 Å². The Balaban J connectivity index is 1.65. The van der Waals surface area contributed by atoms with Gasteiger partial charge in [0.1, 0.15) is 11.7 Å². The van der Waals surface area contributed by atoms with E-state index in [9.17, 15) is 19.8 Å². The van der Waals surface area contributed by atoms with Crippen LogP contribution >= 0.6 is 0 Å². The van der Waals surface area contributed by atoms with Crippen molar-refractivity contribution in [1.29, 1.82) is 0 Å². The van der Waals surface area contributed by atoms with Crippen LogP contribution in [0, 0.1) is 11.8 Å². The zero-order chi connectivity index (χ0) is 30.7. The first kappa shape index (κ1) is 28.3. The first-order valence-electron chi connectivity index (χ1n) is 14.5. The Kier molecular flexibility index (Phi) is 6.91. The summed E-state index contributed by atoms with van der Waals surface area (Å²) in [5.74, 6) is -2.96. The molecule has 9 heteroatoms. The highest BCUT2D eigenvalue weighted by Gasteiger charge is 2.48. The van der Waals surface area contributed by atoms with Crippen LogP contribution < -0.4 is 5.32 Å². The Hall–Kier alpha value is -4.79. The van der Waals surface area contributed by atoms with Crippen LogP contribution in [-0.4, -0.2) is 46.4 Å². The predicted molar refractivity (Wildman–Crippen MR) is 165 cm³/mol. The van der Waals surface area contributed by atoms with Gasteiger partial charge in [0.25, 0.3) is 0 Å². The van der Waals surface area contributed by atoms with Gasteiger partial charge in [0, 0.05) is 40.5 Å². The second kappa shape index (κ2) is 10.5. The molecule has 3 N–H and O–H groups in total. The van der Waals surface area contributed by atoms with Gasteiger partial charge in [0.05, 0.1) is 41.3 Å². The summed E-state index contributed by atoms with van der Waals surface area (Å²) in [5.41, 5.74) is 11.6. The van der Waals surface area contributed by atoms with Crippen molar-refractivity contribution in [3.8, 4) is 0 Å². The largest absolute Gasteiger partial charge is 0.510 e. The standard InChI is InChI=1S/C34H34N4O5/c1-7-20-15(3)22-12-19-11-18(9-10-27(39)40)31(35-19)29-30(34(42)43-6)33(41)28-17(5)24(38-32(28)29)14-26-21(8-2)16(4)23(37-26)13-25(20)36-22/h7,12-14,18,30,35,41H,1,8-11H2,2-6H3,(H,39,40)/t18-,30+/m0/s1. The molecular weight excluding hydrogens is 544 g/mol. The number of rotatable bonds is 6. The number of hydrogen-bond donors (Lipinski definition) is 3. The molecular formula is C34H34N4O5. The third-order valence-corrected chi connectivity index (χ3v) is 9.01. The van der Waals surface area contributed by atoms with Crippen molar-refractivity contribution < 1.29 is 24.5 Å². The number of allylic oxidation sites excluding steroid dienone is 11. The van der Waals surface area contributed by atoms with Gasteiger partial charge in [0.15, 0.2) is 0 Å². The van der Waals surface area contributed by atoms with E-state index in [1.807, 2.05) is 32.1 Å². The molecule has 0 amide bonds. The second-order valence-electron chi connectivity index (χ2n) is 11.4. The number of ether oxygens (including phenoxy) is 1.